The highest BCUT2D eigenvalue weighted by molar-refractivity contribution is 6.04. The third-order valence-corrected chi connectivity index (χ3v) is 7.07. The van der Waals surface area contributed by atoms with Crippen molar-refractivity contribution in [1.29, 1.82) is 0 Å². The summed E-state index contributed by atoms with van der Waals surface area (Å²) in [6.45, 7) is 0. The first-order valence-corrected chi connectivity index (χ1v) is 12.5. The van der Waals surface area contributed by atoms with Gasteiger partial charge in [0.15, 0.2) is 0 Å². The van der Waals surface area contributed by atoms with E-state index in [-0.39, 0.29) is 11.5 Å². The van der Waals surface area contributed by atoms with E-state index in [0.717, 1.165) is 32.3 Å². The van der Waals surface area contributed by atoms with Crippen molar-refractivity contribution in [2.45, 2.75) is 0 Å². The van der Waals surface area contributed by atoms with Gasteiger partial charge in [0.1, 0.15) is 11.5 Å². The van der Waals surface area contributed by atoms with Crippen molar-refractivity contribution in [2.75, 3.05) is 0 Å². The zero-order chi connectivity index (χ0) is 25.6. The fraction of sp³-hybridized carbons (Fsp3) is 0. The van der Waals surface area contributed by atoms with Gasteiger partial charge in [-0.1, -0.05) is 72.8 Å². The van der Waals surface area contributed by atoms with Crippen LogP contribution in [0.2, 0.25) is 0 Å². The molecule has 7 aromatic rings. The number of hydrogen-bond donors (Lipinski definition) is 2. The molecule has 3 heterocycles. The Balaban J connectivity index is 1.76. The summed E-state index contributed by atoms with van der Waals surface area (Å²) < 4.78 is 0. The minimum atomic E-state index is 0.186. The molecule has 0 amide bonds. The number of benzene rings is 4. The summed E-state index contributed by atoms with van der Waals surface area (Å²) >= 11 is 0. The zero-order valence-corrected chi connectivity index (χ0v) is 20.3. The average Bonchev–Trinajstić information content (AvgIpc) is 2.97. The molecule has 0 radical (unpaired) electrons. The van der Waals surface area contributed by atoms with Crippen molar-refractivity contribution in [3.63, 3.8) is 0 Å². The van der Waals surface area contributed by atoms with Gasteiger partial charge in [-0.15, -0.1) is 0 Å². The van der Waals surface area contributed by atoms with Gasteiger partial charge >= 0.3 is 0 Å². The Bertz CT molecular complexity index is 1870. The van der Waals surface area contributed by atoms with Gasteiger partial charge < -0.3 is 10.2 Å². The highest BCUT2D eigenvalue weighted by Gasteiger charge is 2.07. The highest BCUT2D eigenvalue weighted by Crippen LogP contribution is 2.33. The number of phenolic OH excluding ortho intramolecular Hbond substituents is 2. The Kier molecular flexibility index (Phi) is 5.05. The Morgan fingerprint density at radius 3 is 1.16 bits per heavy atom. The molecule has 4 aromatic carbocycles. The molecule has 2 N–H and O–H groups in total. The van der Waals surface area contributed by atoms with E-state index in [2.05, 4.69) is 24.3 Å². The molecule has 0 spiro atoms. The number of hydrogen-bond acceptors (Lipinski definition) is 4. The predicted octanol–water partition coefficient (Wildman–Crippen LogP) is 8.49. The monoisotopic (exact) mass is 490 g/mol. The summed E-state index contributed by atoms with van der Waals surface area (Å²) in [6.07, 6.45) is 0. The average molecular weight is 491 g/mol. The maximum absolute atomic E-state index is 11.4. The number of rotatable bonds is 0. The Morgan fingerprint density at radius 1 is 0.342 bits per heavy atom. The number of nitrogens with zero attached hydrogens (tertiary/aromatic N) is 2. The van der Waals surface area contributed by atoms with Crippen molar-refractivity contribution >= 4 is 65.2 Å². The molecule has 38 heavy (non-hydrogen) atoms. The molecule has 4 heteroatoms. The minimum Gasteiger partial charge on any atom is -0.507 e. The molecule has 0 saturated carbocycles. The number of pyridine rings is 2. The van der Waals surface area contributed by atoms with E-state index in [1.165, 1.54) is 0 Å². The van der Waals surface area contributed by atoms with Crippen LogP contribution >= 0.6 is 0 Å². The van der Waals surface area contributed by atoms with Gasteiger partial charge in [0.25, 0.3) is 0 Å². The summed E-state index contributed by atoms with van der Waals surface area (Å²) in [6, 6.07) is 39.2. The first-order valence-electron chi connectivity index (χ1n) is 12.5. The Hall–Kier alpha value is -5.22. The van der Waals surface area contributed by atoms with Crippen LogP contribution in [-0.2, 0) is 0 Å². The van der Waals surface area contributed by atoms with Crippen LogP contribution in [0.5, 0.6) is 11.5 Å². The summed E-state index contributed by atoms with van der Waals surface area (Å²) in [5.41, 5.74) is 2.67. The molecule has 0 aliphatic rings. The van der Waals surface area contributed by atoms with Gasteiger partial charge in [-0.3, -0.25) is 0 Å². The van der Waals surface area contributed by atoms with Crippen LogP contribution in [0.4, 0.5) is 0 Å². The van der Waals surface area contributed by atoms with Gasteiger partial charge in [0.2, 0.25) is 0 Å². The summed E-state index contributed by atoms with van der Waals surface area (Å²) in [7, 11) is 0. The lowest BCUT2D eigenvalue weighted by molar-refractivity contribution is 0.487. The van der Waals surface area contributed by atoms with E-state index >= 15 is 0 Å². The van der Waals surface area contributed by atoms with Crippen LogP contribution in [0.15, 0.2) is 121 Å². The maximum atomic E-state index is 11.4. The molecule has 0 atom stereocenters. The second-order valence-electron chi connectivity index (χ2n) is 9.38. The predicted molar refractivity (Wildman–Crippen MR) is 157 cm³/mol. The highest BCUT2D eigenvalue weighted by atomic mass is 16.3. The van der Waals surface area contributed by atoms with Crippen molar-refractivity contribution in [3.8, 4) is 11.5 Å². The van der Waals surface area contributed by atoms with Crippen LogP contribution in [0, 0.1) is 0 Å². The molecule has 0 aliphatic heterocycles. The molecule has 4 nitrogen and oxygen atoms in total. The first kappa shape index (κ1) is 22.0. The maximum Gasteiger partial charge on any atom is 0.132 e. The number of para-hydroxylation sites is 2. The van der Waals surface area contributed by atoms with Crippen LogP contribution < -0.4 is 0 Å². The van der Waals surface area contributed by atoms with Crippen molar-refractivity contribution in [2.24, 2.45) is 0 Å². The summed E-state index contributed by atoms with van der Waals surface area (Å²) in [4.78, 5) is 9.73. The van der Waals surface area contributed by atoms with Crippen molar-refractivity contribution in [1.82, 2.24) is 9.97 Å². The van der Waals surface area contributed by atoms with Gasteiger partial charge in [-0.2, -0.15) is 0 Å². The topological polar surface area (TPSA) is 66.2 Å². The molecule has 0 saturated heterocycles. The molecule has 0 unspecified atom stereocenters. The third kappa shape index (κ3) is 3.62. The van der Waals surface area contributed by atoms with Gasteiger partial charge in [-0.05, 0) is 70.1 Å². The Morgan fingerprint density at radius 2 is 0.684 bits per heavy atom. The smallest absolute Gasteiger partial charge is 0.132 e. The van der Waals surface area contributed by atoms with E-state index in [1.54, 1.807) is 0 Å². The molecular weight excluding hydrogens is 468 g/mol. The van der Waals surface area contributed by atoms with Crippen LogP contribution in [0.25, 0.3) is 65.2 Å². The van der Waals surface area contributed by atoms with E-state index in [4.69, 9.17) is 9.97 Å². The molecule has 180 valence electrons. The van der Waals surface area contributed by atoms with Gasteiger partial charge in [-0.25, -0.2) is 9.97 Å². The largest absolute Gasteiger partial charge is 0.507 e. The van der Waals surface area contributed by atoms with E-state index in [1.807, 2.05) is 97.1 Å². The van der Waals surface area contributed by atoms with E-state index in [0.29, 0.717) is 32.8 Å². The molecule has 12 bridgehead atoms. The van der Waals surface area contributed by atoms with E-state index < -0.39 is 0 Å². The lowest BCUT2D eigenvalue weighted by atomic mass is 10.0. The van der Waals surface area contributed by atoms with Crippen molar-refractivity contribution < 1.29 is 10.2 Å². The van der Waals surface area contributed by atoms with Crippen LogP contribution in [0.3, 0.4) is 0 Å². The molecular formula is C34H22N2O2. The van der Waals surface area contributed by atoms with Crippen LogP contribution in [-0.4, -0.2) is 20.2 Å². The second kappa shape index (κ2) is 8.71. The van der Waals surface area contributed by atoms with Crippen molar-refractivity contribution in [3.05, 3.63) is 121 Å². The second-order valence-corrected chi connectivity index (χ2v) is 9.38. The number of phenols is 2. The van der Waals surface area contributed by atoms with E-state index in [9.17, 15) is 10.2 Å². The Labute approximate surface area is 218 Å². The zero-order valence-electron chi connectivity index (χ0n) is 20.3. The molecule has 7 rings (SSSR count). The number of fused-ring (bicyclic) bond motifs is 18. The first-order chi connectivity index (χ1) is 18.7. The molecule has 0 aliphatic carbocycles. The number of aromatic nitrogens is 2. The lowest BCUT2D eigenvalue weighted by Gasteiger charge is -2.05. The van der Waals surface area contributed by atoms with Crippen LogP contribution in [0.1, 0.15) is 0 Å². The SMILES string of the molecule is Oc1c2cccc1c1cccc(n1)c1cccc(n1)c1cccc(c1O)c1cccc(c1)c1cccc2c1. The fourth-order valence-corrected chi connectivity index (χ4v) is 5.15. The standard InChI is InChI=1S/C34H22N2O2/c37-33-25-11-3-13-27(33)29-15-5-17-31(35-29)32-18-6-16-30(36-32)28-14-4-12-26(34(28)38)24-10-2-8-22(20-24)21-7-1-9-23(25)19-21/h1-20,37-38H. The molecule has 3 aromatic heterocycles. The van der Waals surface area contributed by atoms with Gasteiger partial charge in [0, 0.05) is 21.5 Å². The quantitative estimate of drug-likeness (QED) is 0.224. The number of aromatic hydroxyl groups is 2. The summed E-state index contributed by atoms with van der Waals surface area (Å²) in [5, 5.41) is 29.4. The third-order valence-electron chi connectivity index (χ3n) is 7.07. The normalized spacial score (nSPS) is 11.4. The molecule has 0 fully saturated rings. The van der Waals surface area contributed by atoms with Gasteiger partial charge in [0.05, 0.1) is 22.1 Å². The lowest BCUT2D eigenvalue weighted by Crippen LogP contribution is -1.83. The minimum absolute atomic E-state index is 0.186. The summed E-state index contributed by atoms with van der Waals surface area (Å²) in [5.74, 6) is 0.372. The fourth-order valence-electron chi connectivity index (χ4n) is 5.15.